The molecular formula is C22H18N6OS. The third-order valence-electron chi connectivity index (χ3n) is 4.77. The van der Waals surface area contributed by atoms with Gasteiger partial charge in [0.25, 0.3) is 5.91 Å². The first kappa shape index (κ1) is 18.3. The molecule has 0 bridgehead atoms. The van der Waals surface area contributed by atoms with Crippen molar-refractivity contribution in [2.75, 3.05) is 0 Å². The number of benzene rings is 1. The van der Waals surface area contributed by atoms with Gasteiger partial charge >= 0.3 is 0 Å². The second kappa shape index (κ2) is 7.57. The Hall–Kier alpha value is -3.78. The lowest BCUT2D eigenvalue weighted by Gasteiger charge is -2.06. The summed E-state index contributed by atoms with van der Waals surface area (Å²) in [5.41, 5.74) is 2.84. The van der Waals surface area contributed by atoms with E-state index < -0.39 is 0 Å². The number of hydrogen-bond donors (Lipinski definition) is 1. The molecule has 1 N–H and O–H groups in total. The van der Waals surface area contributed by atoms with Gasteiger partial charge in [0.1, 0.15) is 4.83 Å². The highest BCUT2D eigenvalue weighted by atomic mass is 32.1. The van der Waals surface area contributed by atoms with Gasteiger partial charge in [0.05, 0.1) is 16.3 Å². The van der Waals surface area contributed by atoms with Crippen LogP contribution in [0.1, 0.15) is 20.9 Å². The fourth-order valence-corrected chi connectivity index (χ4v) is 4.37. The lowest BCUT2D eigenvalue weighted by atomic mass is 10.2. The van der Waals surface area contributed by atoms with Gasteiger partial charge in [0, 0.05) is 30.5 Å². The quantitative estimate of drug-likeness (QED) is 0.473. The van der Waals surface area contributed by atoms with Crippen LogP contribution < -0.4 is 5.32 Å². The molecule has 148 valence electrons. The highest BCUT2D eigenvalue weighted by molar-refractivity contribution is 7.20. The number of thiophene rings is 1. The maximum absolute atomic E-state index is 12.8. The number of carbonyl (C=O) groups is 1. The van der Waals surface area contributed by atoms with E-state index in [2.05, 4.69) is 20.5 Å². The van der Waals surface area contributed by atoms with E-state index in [0.717, 1.165) is 27.2 Å². The molecule has 1 amide bonds. The van der Waals surface area contributed by atoms with Gasteiger partial charge in [-0.2, -0.15) is 10.2 Å². The van der Waals surface area contributed by atoms with Gasteiger partial charge in [0.15, 0.2) is 5.82 Å². The topological polar surface area (TPSA) is 77.6 Å². The predicted molar refractivity (Wildman–Crippen MR) is 116 cm³/mol. The number of amides is 1. The summed E-state index contributed by atoms with van der Waals surface area (Å²) in [5.74, 6) is 0.611. The Kier molecular flexibility index (Phi) is 4.61. The number of pyridine rings is 1. The number of nitrogens with one attached hydrogen (secondary N) is 1. The van der Waals surface area contributed by atoms with Crippen molar-refractivity contribution < 1.29 is 4.79 Å². The summed E-state index contributed by atoms with van der Waals surface area (Å²) >= 11 is 1.45. The first-order valence-corrected chi connectivity index (χ1v) is 10.3. The van der Waals surface area contributed by atoms with Gasteiger partial charge in [0.2, 0.25) is 0 Å². The van der Waals surface area contributed by atoms with E-state index in [1.807, 2.05) is 72.4 Å². The fourth-order valence-electron chi connectivity index (χ4n) is 3.27. The maximum atomic E-state index is 12.8. The number of para-hydroxylation sites is 1. The molecule has 0 aliphatic rings. The number of aryl methyl sites for hydroxylation is 1. The lowest BCUT2D eigenvalue weighted by Crippen LogP contribution is -2.22. The monoisotopic (exact) mass is 414 g/mol. The molecule has 0 fully saturated rings. The number of aromatic nitrogens is 5. The van der Waals surface area contributed by atoms with Gasteiger partial charge in [-0.25, -0.2) is 14.3 Å². The number of carbonyl (C=O) groups excluding carboxylic acids is 1. The van der Waals surface area contributed by atoms with E-state index in [0.29, 0.717) is 17.2 Å². The smallest absolute Gasteiger partial charge is 0.261 e. The molecule has 0 aliphatic heterocycles. The summed E-state index contributed by atoms with van der Waals surface area (Å²) in [4.78, 5) is 18.7. The molecule has 0 unspecified atom stereocenters. The minimum absolute atomic E-state index is 0.104. The standard InChI is InChI=1S/C22H18N6OS/c1-15-18-13-19(30-22(18)28(26-15)17-6-3-2-4-7-17)21(29)24-14-16-8-10-23-20(12-16)27-11-5-9-25-27/h2-13H,14H2,1H3,(H,24,29). The van der Waals surface area contributed by atoms with Crippen LogP contribution in [0, 0.1) is 6.92 Å². The molecule has 7 nitrogen and oxygen atoms in total. The number of nitrogens with zero attached hydrogens (tertiary/aromatic N) is 5. The normalized spacial score (nSPS) is 11.1. The van der Waals surface area contributed by atoms with E-state index in [1.54, 1.807) is 17.1 Å². The minimum atomic E-state index is -0.104. The summed E-state index contributed by atoms with van der Waals surface area (Å²) < 4.78 is 3.58. The number of rotatable bonds is 5. The van der Waals surface area contributed by atoms with Crippen molar-refractivity contribution in [2.45, 2.75) is 13.5 Å². The van der Waals surface area contributed by atoms with Crippen LogP contribution >= 0.6 is 11.3 Å². The van der Waals surface area contributed by atoms with Crippen molar-refractivity contribution in [3.63, 3.8) is 0 Å². The summed E-state index contributed by atoms with van der Waals surface area (Å²) in [5, 5.41) is 12.8. The summed E-state index contributed by atoms with van der Waals surface area (Å²) in [7, 11) is 0. The van der Waals surface area contributed by atoms with Crippen molar-refractivity contribution in [1.82, 2.24) is 29.9 Å². The van der Waals surface area contributed by atoms with Crippen LogP contribution in [0.4, 0.5) is 0 Å². The summed E-state index contributed by atoms with van der Waals surface area (Å²) in [6.45, 7) is 2.37. The molecule has 0 aliphatic carbocycles. The largest absolute Gasteiger partial charge is 0.347 e. The van der Waals surface area contributed by atoms with Gasteiger partial charge < -0.3 is 5.32 Å². The molecule has 0 radical (unpaired) electrons. The Morgan fingerprint density at radius 3 is 2.77 bits per heavy atom. The van der Waals surface area contributed by atoms with Gasteiger partial charge in [-0.3, -0.25) is 4.79 Å². The third kappa shape index (κ3) is 3.37. The highest BCUT2D eigenvalue weighted by Gasteiger charge is 2.17. The molecule has 0 saturated carbocycles. The fraction of sp³-hybridized carbons (Fsp3) is 0.0909. The zero-order valence-corrected chi connectivity index (χ0v) is 17.0. The molecule has 4 aromatic heterocycles. The van der Waals surface area contributed by atoms with Crippen molar-refractivity contribution >= 4 is 27.5 Å². The second-order valence-electron chi connectivity index (χ2n) is 6.82. The Bertz CT molecular complexity index is 1320. The van der Waals surface area contributed by atoms with Crippen LogP contribution in [0.3, 0.4) is 0 Å². The average Bonchev–Trinajstić information content (AvgIpc) is 3.52. The molecule has 5 aromatic rings. The SMILES string of the molecule is Cc1nn(-c2ccccc2)c2sc(C(=O)NCc3ccnc(-n4cccn4)c3)cc12. The molecule has 0 saturated heterocycles. The van der Waals surface area contributed by atoms with Gasteiger partial charge in [-0.05, 0) is 48.9 Å². The lowest BCUT2D eigenvalue weighted by molar-refractivity contribution is 0.0955. The highest BCUT2D eigenvalue weighted by Crippen LogP contribution is 2.30. The van der Waals surface area contributed by atoms with Crippen molar-refractivity contribution in [3.05, 3.63) is 89.3 Å². The van der Waals surface area contributed by atoms with Crippen LogP contribution in [-0.2, 0) is 6.54 Å². The molecule has 4 heterocycles. The van der Waals surface area contributed by atoms with Crippen LogP contribution in [-0.4, -0.2) is 30.5 Å². The van der Waals surface area contributed by atoms with E-state index in [1.165, 1.54) is 11.3 Å². The molecule has 5 rings (SSSR count). The molecule has 30 heavy (non-hydrogen) atoms. The van der Waals surface area contributed by atoms with Crippen molar-refractivity contribution in [1.29, 1.82) is 0 Å². The van der Waals surface area contributed by atoms with Crippen molar-refractivity contribution in [3.8, 4) is 11.5 Å². The molecular weight excluding hydrogens is 396 g/mol. The van der Waals surface area contributed by atoms with Gasteiger partial charge in [-0.1, -0.05) is 18.2 Å². The average molecular weight is 414 g/mol. The maximum Gasteiger partial charge on any atom is 0.261 e. The number of fused-ring (bicyclic) bond motifs is 1. The minimum Gasteiger partial charge on any atom is -0.347 e. The number of hydrogen-bond acceptors (Lipinski definition) is 5. The summed E-state index contributed by atoms with van der Waals surface area (Å²) in [6, 6.07) is 17.5. The van der Waals surface area contributed by atoms with Gasteiger partial charge in [-0.15, -0.1) is 11.3 Å². The second-order valence-corrected chi connectivity index (χ2v) is 7.85. The Morgan fingerprint density at radius 2 is 1.97 bits per heavy atom. The molecule has 0 atom stereocenters. The zero-order chi connectivity index (χ0) is 20.5. The Morgan fingerprint density at radius 1 is 1.10 bits per heavy atom. The molecule has 1 aromatic carbocycles. The summed E-state index contributed by atoms with van der Waals surface area (Å²) in [6.07, 6.45) is 5.26. The van der Waals surface area contributed by atoms with Crippen LogP contribution in [0.25, 0.3) is 21.7 Å². The first-order valence-electron chi connectivity index (χ1n) is 9.47. The van der Waals surface area contributed by atoms with Crippen LogP contribution in [0.15, 0.2) is 73.2 Å². The Labute approximate surface area is 176 Å². The van der Waals surface area contributed by atoms with Crippen LogP contribution in [0.5, 0.6) is 0 Å². The molecule has 0 spiro atoms. The Balaban J connectivity index is 1.36. The van der Waals surface area contributed by atoms with E-state index in [-0.39, 0.29) is 5.91 Å². The zero-order valence-electron chi connectivity index (χ0n) is 16.2. The van der Waals surface area contributed by atoms with E-state index in [9.17, 15) is 4.79 Å². The predicted octanol–water partition coefficient (Wildman–Crippen LogP) is 3.91. The van der Waals surface area contributed by atoms with E-state index in [4.69, 9.17) is 0 Å². The molecule has 8 heteroatoms. The van der Waals surface area contributed by atoms with Crippen LogP contribution in [0.2, 0.25) is 0 Å². The first-order chi connectivity index (χ1) is 14.7. The third-order valence-corrected chi connectivity index (χ3v) is 5.88. The van der Waals surface area contributed by atoms with E-state index >= 15 is 0 Å². The van der Waals surface area contributed by atoms with Crippen molar-refractivity contribution in [2.24, 2.45) is 0 Å².